The molecular weight excluding hydrogens is 262 g/mol. The van der Waals surface area contributed by atoms with Crippen LogP contribution >= 0.6 is 0 Å². The molecule has 2 aromatic heterocycles. The number of imidazole rings is 1. The Bertz CT molecular complexity index is 804. The van der Waals surface area contributed by atoms with Crippen LogP contribution in [0.4, 0.5) is 5.82 Å². The van der Waals surface area contributed by atoms with Crippen molar-refractivity contribution in [2.45, 2.75) is 27.3 Å². The van der Waals surface area contributed by atoms with E-state index in [4.69, 9.17) is 0 Å². The summed E-state index contributed by atoms with van der Waals surface area (Å²) in [6.45, 7) is 6.83. The van der Waals surface area contributed by atoms with Gasteiger partial charge >= 0.3 is 0 Å². The molecule has 0 aliphatic rings. The van der Waals surface area contributed by atoms with Crippen molar-refractivity contribution in [3.05, 3.63) is 47.2 Å². The van der Waals surface area contributed by atoms with Gasteiger partial charge in [-0.1, -0.05) is 0 Å². The highest BCUT2D eigenvalue weighted by Gasteiger charge is 2.08. The van der Waals surface area contributed by atoms with Crippen LogP contribution in [0.5, 0.6) is 0 Å². The van der Waals surface area contributed by atoms with Crippen LogP contribution in [-0.2, 0) is 6.54 Å². The van der Waals surface area contributed by atoms with Gasteiger partial charge in [-0.2, -0.15) is 0 Å². The van der Waals surface area contributed by atoms with Crippen molar-refractivity contribution in [2.24, 2.45) is 0 Å². The highest BCUT2D eigenvalue weighted by Crippen LogP contribution is 2.19. The highest BCUT2D eigenvalue weighted by molar-refractivity contribution is 5.77. The van der Waals surface area contributed by atoms with Gasteiger partial charge < -0.3 is 9.88 Å². The smallest absolute Gasteiger partial charge is 0.150 e. The van der Waals surface area contributed by atoms with E-state index < -0.39 is 0 Å². The molecule has 3 rings (SSSR count). The Kier molecular flexibility index (Phi) is 3.33. The second-order valence-electron chi connectivity index (χ2n) is 5.36. The summed E-state index contributed by atoms with van der Waals surface area (Å²) in [5.74, 6) is 1.63. The number of nitrogens with one attached hydrogen (secondary N) is 1. The molecule has 0 unspecified atom stereocenters. The van der Waals surface area contributed by atoms with Gasteiger partial charge in [0.05, 0.1) is 23.9 Å². The van der Waals surface area contributed by atoms with E-state index >= 15 is 0 Å². The Labute approximate surface area is 124 Å². The quantitative estimate of drug-likeness (QED) is 0.802. The average molecular weight is 281 g/mol. The van der Waals surface area contributed by atoms with Crippen LogP contribution in [0.25, 0.3) is 11.0 Å². The number of hydrogen-bond acceptors (Lipinski definition) is 4. The third-order valence-electron chi connectivity index (χ3n) is 3.70. The van der Waals surface area contributed by atoms with Crippen molar-refractivity contribution >= 4 is 16.9 Å². The van der Waals surface area contributed by atoms with Gasteiger partial charge in [-0.25, -0.2) is 15.0 Å². The maximum Gasteiger partial charge on any atom is 0.150 e. The lowest BCUT2D eigenvalue weighted by atomic mass is 10.1. The minimum Gasteiger partial charge on any atom is -0.373 e. The van der Waals surface area contributed by atoms with Crippen LogP contribution in [0.1, 0.15) is 22.6 Å². The number of rotatable bonds is 3. The van der Waals surface area contributed by atoms with Crippen LogP contribution in [0.3, 0.4) is 0 Å². The number of nitrogens with zero attached hydrogens (tertiary/aromatic N) is 4. The predicted molar refractivity (Wildman–Crippen MR) is 84.6 cm³/mol. The van der Waals surface area contributed by atoms with E-state index in [1.54, 1.807) is 0 Å². The van der Waals surface area contributed by atoms with Crippen molar-refractivity contribution in [3.8, 4) is 0 Å². The summed E-state index contributed by atoms with van der Waals surface area (Å²) in [6, 6.07) is 6.23. The molecule has 0 saturated heterocycles. The summed E-state index contributed by atoms with van der Waals surface area (Å²) in [4.78, 5) is 13.5. The highest BCUT2D eigenvalue weighted by atomic mass is 15.1. The molecule has 0 fully saturated rings. The van der Waals surface area contributed by atoms with Gasteiger partial charge in [0.1, 0.15) is 5.82 Å². The minimum atomic E-state index is 0.620. The maximum atomic E-state index is 4.50. The first-order valence-corrected chi connectivity index (χ1v) is 7.01. The molecule has 108 valence electrons. The fourth-order valence-corrected chi connectivity index (χ4v) is 2.42. The number of aryl methyl sites for hydroxylation is 3. The number of fused-ring (bicyclic) bond motifs is 1. The number of benzene rings is 1. The summed E-state index contributed by atoms with van der Waals surface area (Å²) < 4.78 is 2.09. The lowest BCUT2D eigenvalue weighted by Gasteiger charge is -2.08. The van der Waals surface area contributed by atoms with Gasteiger partial charge in [0.2, 0.25) is 0 Å². The fraction of sp³-hybridized carbons (Fsp3) is 0.312. The third-order valence-corrected chi connectivity index (χ3v) is 3.70. The second-order valence-corrected chi connectivity index (χ2v) is 5.36. The van der Waals surface area contributed by atoms with Crippen LogP contribution in [0.15, 0.2) is 24.5 Å². The van der Waals surface area contributed by atoms with E-state index in [0.29, 0.717) is 6.54 Å². The largest absolute Gasteiger partial charge is 0.373 e. The zero-order chi connectivity index (χ0) is 15.0. The van der Waals surface area contributed by atoms with Crippen molar-refractivity contribution in [2.75, 3.05) is 12.4 Å². The molecule has 21 heavy (non-hydrogen) atoms. The summed E-state index contributed by atoms with van der Waals surface area (Å²) in [5.41, 5.74) is 5.62. The van der Waals surface area contributed by atoms with Gasteiger partial charge in [0, 0.05) is 18.8 Å². The first-order chi connectivity index (χ1) is 10.1. The van der Waals surface area contributed by atoms with E-state index in [1.165, 1.54) is 11.1 Å². The monoisotopic (exact) mass is 281 g/mol. The molecular formula is C16H19N5. The van der Waals surface area contributed by atoms with Crippen molar-refractivity contribution in [1.29, 1.82) is 0 Å². The molecule has 0 saturated carbocycles. The Morgan fingerprint density at radius 2 is 1.81 bits per heavy atom. The first kappa shape index (κ1) is 13.5. The molecule has 5 heteroatoms. The topological polar surface area (TPSA) is 55.6 Å². The van der Waals surface area contributed by atoms with Gasteiger partial charge in [-0.3, -0.25) is 0 Å². The molecule has 0 atom stereocenters. The van der Waals surface area contributed by atoms with Crippen molar-refractivity contribution in [1.82, 2.24) is 19.5 Å². The molecule has 3 aromatic rings. The van der Waals surface area contributed by atoms with Crippen LogP contribution < -0.4 is 5.32 Å². The molecule has 0 amide bonds. The van der Waals surface area contributed by atoms with Crippen LogP contribution in [-0.4, -0.2) is 26.6 Å². The summed E-state index contributed by atoms with van der Waals surface area (Å²) >= 11 is 0. The third kappa shape index (κ3) is 2.59. The van der Waals surface area contributed by atoms with Crippen molar-refractivity contribution in [3.63, 3.8) is 0 Å². The number of hydrogen-bond donors (Lipinski definition) is 1. The van der Waals surface area contributed by atoms with E-state index in [2.05, 4.69) is 50.8 Å². The van der Waals surface area contributed by atoms with Gasteiger partial charge in [-0.05, 0) is 44.0 Å². The Hall–Kier alpha value is -2.43. The van der Waals surface area contributed by atoms with E-state index in [0.717, 1.165) is 28.4 Å². The standard InChI is InChI=1S/C16H19N5/c1-10-5-13-14(6-11(10)2)21(9-18-13)8-16-19-12(3)7-15(17-4)20-16/h5-7,9H,8H2,1-4H3,(H,17,19,20). The molecule has 0 aliphatic carbocycles. The van der Waals surface area contributed by atoms with Gasteiger partial charge in [0.25, 0.3) is 0 Å². The summed E-state index contributed by atoms with van der Waals surface area (Å²) in [5, 5.41) is 3.07. The van der Waals surface area contributed by atoms with Crippen LogP contribution in [0.2, 0.25) is 0 Å². The lowest BCUT2D eigenvalue weighted by molar-refractivity contribution is 0.759. The average Bonchev–Trinajstić information content (AvgIpc) is 2.81. The molecule has 0 bridgehead atoms. The predicted octanol–water partition coefficient (Wildman–Crippen LogP) is 2.84. The molecule has 1 N–H and O–H groups in total. The van der Waals surface area contributed by atoms with E-state index in [-0.39, 0.29) is 0 Å². The van der Waals surface area contributed by atoms with E-state index in [9.17, 15) is 0 Å². The van der Waals surface area contributed by atoms with Crippen molar-refractivity contribution < 1.29 is 0 Å². The zero-order valence-corrected chi connectivity index (χ0v) is 12.8. The summed E-state index contributed by atoms with van der Waals surface area (Å²) in [7, 11) is 1.87. The molecule has 0 radical (unpaired) electrons. The zero-order valence-electron chi connectivity index (χ0n) is 12.8. The number of aromatic nitrogens is 4. The second kappa shape index (κ2) is 5.16. The normalized spacial score (nSPS) is 11.0. The minimum absolute atomic E-state index is 0.620. The fourth-order valence-electron chi connectivity index (χ4n) is 2.42. The van der Waals surface area contributed by atoms with Crippen LogP contribution in [0, 0.1) is 20.8 Å². The Morgan fingerprint density at radius 1 is 1.05 bits per heavy atom. The molecule has 0 aliphatic heterocycles. The SMILES string of the molecule is CNc1cc(C)nc(Cn2cnc3cc(C)c(C)cc32)n1. The molecule has 1 aromatic carbocycles. The molecule has 5 nitrogen and oxygen atoms in total. The van der Waals surface area contributed by atoms with Gasteiger partial charge in [0.15, 0.2) is 5.82 Å². The summed E-state index contributed by atoms with van der Waals surface area (Å²) in [6.07, 6.45) is 1.86. The first-order valence-electron chi connectivity index (χ1n) is 7.01. The lowest BCUT2D eigenvalue weighted by Crippen LogP contribution is -2.06. The Balaban J connectivity index is 2.02. The van der Waals surface area contributed by atoms with Gasteiger partial charge in [-0.15, -0.1) is 0 Å². The maximum absolute atomic E-state index is 4.50. The molecule has 0 spiro atoms. The van der Waals surface area contributed by atoms with E-state index in [1.807, 2.05) is 26.4 Å². The molecule has 2 heterocycles. The Morgan fingerprint density at radius 3 is 2.57 bits per heavy atom. The number of anilines is 1.